The molecular weight excluding hydrogens is 344 g/mol. The average molecular weight is 357 g/mol. The molecule has 3 N–H and O–H groups in total. The van der Waals surface area contributed by atoms with E-state index in [-0.39, 0.29) is 4.90 Å². The second kappa shape index (κ2) is 5.72. The maximum absolute atomic E-state index is 12.3. The molecule has 106 valence electrons. The highest BCUT2D eigenvalue weighted by Crippen LogP contribution is 2.28. The zero-order valence-electron chi connectivity index (χ0n) is 10.6. The number of nitrogen functional groups attached to an aromatic ring is 1. The Labute approximate surface area is 125 Å². The molecule has 5 nitrogen and oxygen atoms in total. The van der Waals surface area contributed by atoms with Crippen LogP contribution in [0, 0.1) is 0 Å². The normalized spacial score (nSPS) is 11.1. The summed E-state index contributed by atoms with van der Waals surface area (Å²) >= 11 is 3.29. The van der Waals surface area contributed by atoms with Crippen molar-refractivity contribution in [2.75, 3.05) is 17.6 Å². The Kier molecular flexibility index (Phi) is 4.20. The number of ether oxygens (including phenoxy) is 1. The summed E-state index contributed by atoms with van der Waals surface area (Å²) in [4.78, 5) is 0.0827. The molecule has 0 saturated heterocycles. The van der Waals surface area contributed by atoms with Crippen LogP contribution in [0.1, 0.15) is 0 Å². The molecule has 0 unspecified atom stereocenters. The number of benzene rings is 2. The van der Waals surface area contributed by atoms with Crippen LogP contribution in [-0.4, -0.2) is 15.5 Å². The van der Waals surface area contributed by atoms with Crippen molar-refractivity contribution in [3.8, 4) is 5.75 Å². The van der Waals surface area contributed by atoms with Crippen molar-refractivity contribution in [1.82, 2.24) is 0 Å². The SMILES string of the molecule is COc1cc(S(=O)(=O)Nc2ccccc2Br)ccc1N. The largest absolute Gasteiger partial charge is 0.495 e. The van der Waals surface area contributed by atoms with Crippen LogP contribution in [0.3, 0.4) is 0 Å². The van der Waals surface area contributed by atoms with Crippen LogP contribution in [0.15, 0.2) is 51.8 Å². The van der Waals surface area contributed by atoms with Crippen molar-refractivity contribution >= 4 is 37.3 Å². The number of anilines is 2. The number of hydrogen-bond acceptors (Lipinski definition) is 4. The van der Waals surface area contributed by atoms with Gasteiger partial charge in [-0.1, -0.05) is 12.1 Å². The summed E-state index contributed by atoms with van der Waals surface area (Å²) in [5.74, 6) is 0.319. The van der Waals surface area contributed by atoms with Gasteiger partial charge < -0.3 is 10.5 Å². The summed E-state index contributed by atoms with van der Waals surface area (Å²) in [6.45, 7) is 0. The second-order valence-electron chi connectivity index (χ2n) is 3.99. The number of halogens is 1. The van der Waals surface area contributed by atoms with E-state index in [1.807, 2.05) is 0 Å². The first kappa shape index (κ1) is 14.7. The van der Waals surface area contributed by atoms with Crippen molar-refractivity contribution in [2.24, 2.45) is 0 Å². The third kappa shape index (κ3) is 3.05. The lowest BCUT2D eigenvalue weighted by Gasteiger charge is -2.11. The Hall–Kier alpha value is -1.73. The van der Waals surface area contributed by atoms with Gasteiger partial charge in [-0.3, -0.25) is 4.72 Å². The molecule has 0 atom stereocenters. The molecule has 0 spiro atoms. The first-order valence-electron chi connectivity index (χ1n) is 5.65. The van der Waals surface area contributed by atoms with Crippen LogP contribution in [-0.2, 0) is 10.0 Å². The van der Waals surface area contributed by atoms with Gasteiger partial charge in [0.15, 0.2) is 0 Å². The van der Waals surface area contributed by atoms with E-state index in [9.17, 15) is 8.42 Å². The number of rotatable bonds is 4. The molecule has 7 heteroatoms. The molecule has 0 amide bonds. The molecule has 0 fully saturated rings. The molecule has 0 bridgehead atoms. The predicted molar refractivity (Wildman–Crippen MR) is 82.4 cm³/mol. The van der Waals surface area contributed by atoms with Gasteiger partial charge in [0.2, 0.25) is 0 Å². The fourth-order valence-electron chi connectivity index (χ4n) is 1.61. The van der Waals surface area contributed by atoms with Crippen LogP contribution >= 0.6 is 15.9 Å². The molecule has 0 heterocycles. The van der Waals surface area contributed by atoms with Crippen LogP contribution in [0.2, 0.25) is 0 Å². The fourth-order valence-corrected chi connectivity index (χ4v) is 3.22. The van der Waals surface area contributed by atoms with Crippen LogP contribution < -0.4 is 15.2 Å². The van der Waals surface area contributed by atoms with Crippen molar-refractivity contribution in [3.05, 3.63) is 46.9 Å². The summed E-state index contributed by atoms with van der Waals surface area (Å²) < 4.78 is 32.8. The van der Waals surface area contributed by atoms with E-state index in [1.165, 1.54) is 25.3 Å². The minimum Gasteiger partial charge on any atom is -0.495 e. The van der Waals surface area contributed by atoms with E-state index >= 15 is 0 Å². The van der Waals surface area contributed by atoms with Crippen LogP contribution in [0.25, 0.3) is 0 Å². The number of sulfonamides is 1. The summed E-state index contributed by atoms with van der Waals surface area (Å²) in [7, 11) is -2.27. The van der Waals surface area contributed by atoms with Gasteiger partial charge in [0, 0.05) is 10.5 Å². The lowest BCUT2D eigenvalue weighted by molar-refractivity contribution is 0.415. The maximum Gasteiger partial charge on any atom is 0.262 e. The van der Waals surface area contributed by atoms with Crippen LogP contribution in [0.5, 0.6) is 5.75 Å². The fraction of sp³-hybridized carbons (Fsp3) is 0.0769. The highest BCUT2D eigenvalue weighted by Gasteiger charge is 2.17. The molecule has 2 aromatic rings. The molecule has 20 heavy (non-hydrogen) atoms. The molecule has 2 rings (SSSR count). The number of methoxy groups -OCH3 is 1. The van der Waals surface area contributed by atoms with Gasteiger partial charge >= 0.3 is 0 Å². The van der Waals surface area contributed by atoms with Gasteiger partial charge in [0.05, 0.1) is 23.4 Å². The topological polar surface area (TPSA) is 81.4 Å². The van der Waals surface area contributed by atoms with Gasteiger partial charge in [-0.25, -0.2) is 8.42 Å². The summed E-state index contributed by atoms with van der Waals surface area (Å²) in [6, 6.07) is 11.3. The molecule has 0 radical (unpaired) electrons. The molecule has 0 aliphatic heterocycles. The third-order valence-electron chi connectivity index (χ3n) is 2.63. The summed E-state index contributed by atoms with van der Waals surface area (Å²) in [6.07, 6.45) is 0. The van der Waals surface area contributed by atoms with Gasteiger partial charge in [-0.15, -0.1) is 0 Å². The molecule has 0 saturated carbocycles. The molecule has 0 aliphatic rings. The second-order valence-corrected chi connectivity index (χ2v) is 6.53. The first-order valence-corrected chi connectivity index (χ1v) is 7.92. The van der Waals surface area contributed by atoms with E-state index < -0.39 is 10.0 Å². The smallest absolute Gasteiger partial charge is 0.262 e. The van der Waals surface area contributed by atoms with E-state index in [0.29, 0.717) is 21.6 Å². The Bertz CT molecular complexity index is 732. The number of hydrogen-bond donors (Lipinski definition) is 2. The third-order valence-corrected chi connectivity index (χ3v) is 4.69. The molecule has 2 aromatic carbocycles. The minimum atomic E-state index is -3.70. The average Bonchev–Trinajstić information content (AvgIpc) is 2.41. The standard InChI is InChI=1S/C13H13BrN2O3S/c1-19-13-8-9(6-7-11(13)15)20(17,18)16-12-5-3-2-4-10(12)14/h2-8,16H,15H2,1H3. The predicted octanol–water partition coefficient (Wildman–Crippen LogP) is 2.84. The monoisotopic (exact) mass is 356 g/mol. The summed E-state index contributed by atoms with van der Waals surface area (Å²) in [5.41, 5.74) is 6.52. The lowest BCUT2D eigenvalue weighted by atomic mass is 10.3. The van der Waals surface area contributed by atoms with Gasteiger partial charge in [-0.05, 0) is 40.2 Å². The van der Waals surface area contributed by atoms with E-state index in [4.69, 9.17) is 10.5 Å². The molecular formula is C13H13BrN2O3S. The number of nitrogens with two attached hydrogens (primary N) is 1. The van der Waals surface area contributed by atoms with E-state index in [0.717, 1.165) is 0 Å². The maximum atomic E-state index is 12.3. The number of nitrogens with one attached hydrogen (secondary N) is 1. The zero-order valence-corrected chi connectivity index (χ0v) is 13.0. The zero-order chi connectivity index (χ0) is 14.8. The van der Waals surface area contributed by atoms with E-state index in [2.05, 4.69) is 20.7 Å². The quantitative estimate of drug-likeness (QED) is 0.825. The summed E-state index contributed by atoms with van der Waals surface area (Å²) in [5, 5.41) is 0. The molecule has 0 aromatic heterocycles. The Morgan fingerprint density at radius 1 is 1.20 bits per heavy atom. The van der Waals surface area contributed by atoms with Crippen molar-refractivity contribution in [3.63, 3.8) is 0 Å². The van der Waals surface area contributed by atoms with E-state index in [1.54, 1.807) is 24.3 Å². The Morgan fingerprint density at radius 3 is 2.55 bits per heavy atom. The van der Waals surface area contributed by atoms with Gasteiger partial charge in [0.25, 0.3) is 10.0 Å². The van der Waals surface area contributed by atoms with Crippen LogP contribution in [0.4, 0.5) is 11.4 Å². The van der Waals surface area contributed by atoms with Gasteiger partial charge in [-0.2, -0.15) is 0 Å². The van der Waals surface area contributed by atoms with Crippen molar-refractivity contribution in [1.29, 1.82) is 0 Å². The highest BCUT2D eigenvalue weighted by atomic mass is 79.9. The van der Waals surface area contributed by atoms with Crippen molar-refractivity contribution in [2.45, 2.75) is 4.90 Å². The number of para-hydroxylation sites is 1. The van der Waals surface area contributed by atoms with Gasteiger partial charge in [0.1, 0.15) is 5.75 Å². The minimum absolute atomic E-state index is 0.0827. The highest BCUT2D eigenvalue weighted by molar-refractivity contribution is 9.10. The Balaban J connectivity index is 2.38. The lowest BCUT2D eigenvalue weighted by Crippen LogP contribution is -2.13. The Morgan fingerprint density at radius 2 is 1.90 bits per heavy atom. The first-order chi connectivity index (χ1) is 9.44. The van der Waals surface area contributed by atoms with Crippen molar-refractivity contribution < 1.29 is 13.2 Å². The molecule has 0 aliphatic carbocycles.